The van der Waals surface area contributed by atoms with Crippen LogP contribution >= 0.6 is 11.3 Å². The highest BCUT2D eigenvalue weighted by atomic mass is 32.1. The summed E-state index contributed by atoms with van der Waals surface area (Å²) in [6, 6.07) is 151. The van der Waals surface area contributed by atoms with Crippen LogP contribution in [0.3, 0.4) is 0 Å². The summed E-state index contributed by atoms with van der Waals surface area (Å²) in [6.45, 7) is 13.9. The van der Waals surface area contributed by atoms with Crippen LogP contribution in [-0.2, 0) is 16.2 Å². The van der Waals surface area contributed by atoms with Crippen molar-refractivity contribution in [3.8, 4) is 180 Å². The predicted molar refractivity (Wildman–Crippen MR) is 597 cm³/mol. The van der Waals surface area contributed by atoms with Crippen LogP contribution < -0.4 is 0 Å². The molecule has 3 aliphatic carbocycles. The lowest BCUT2D eigenvalue weighted by atomic mass is 9.82. The smallest absolute Gasteiger partial charge is 0.160 e. The van der Waals surface area contributed by atoms with E-state index in [1.54, 1.807) is 6.20 Å². The van der Waals surface area contributed by atoms with Crippen molar-refractivity contribution in [2.75, 3.05) is 0 Å². The SMILES string of the molecule is CC1(C)c2ccccc2-c2c(-c3cc(-c4ccc(-c5cc6ccccc6o5)cc4)nc(-c4ccc(-c5cccnc5)cc4)n3)cccc21.CC1(C)c2ccccc2-c2c(-c3cc(-c4ccc(-c5cc6ccccc6o5)cc4)nc(-c4ccc5c(c4)oc4ccccc45)n3)cccc21.CC1(C)c2ccccc2-c2c(-c3cc(-c4ccc(-c5cc6ccccc6o5)cc4)nc(-c4ccc5c(c4)sc4ccccc45)n3)cccc21. The van der Waals surface area contributed by atoms with Crippen molar-refractivity contribution >= 4 is 86.4 Å². The topological polar surface area (TPSA) is 143 Å². The number of rotatable bonds is 13. The van der Waals surface area contributed by atoms with E-state index in [1.165, 1.54) is 86.9 Å². The minimum absolute atomic E-state index is 0.0979. The lowest BCUT2D eigenvalue weighted by molar-refractivity contribution is 0.631. The molecule has 11 nitrogen and oxygen atoms in total. The van der Waals surface area contributed by atoms with Crippen LogP contribution in [0.2, 0.25) is 0 Å². The van der Waals surface area contributed by atoms with Crippen molar-refractivity contribution < 1.29 is 17.7 Å². The van der Waals surface area contributed by atoms with E-state index in [0.717, 1.165) is 190 Å². The van der Waals surface area contributed by atoms with Crippen molar-refractivity contribution in [2.24, 2.45) is 0 Å². The van der Waals surface area contributed by atoms with Gasteiger partial charge >= 0.3 is 0 Å². The van der Waals surface area contributed by atoms with Gasteiger partial charge in [0.2, 0.25) is 0 Å². The Morgan fingerprint density at radius 1 is 0.199 bits per heavy atom. The van der Waals surface area contributed by atoms with E-state index >= 15 is 0 Å². The second kappa shape index (κ2) is 34.6. The van der Waals surface area contributed by atoms with Crippen molar-refractivity contribution in [2.45, 2.75) is 57.8 Å². The van der Waals surface area contributed by atoms with Crippen molar-refractivity contribution in [3.63, 3.8) is 0 Å². The molecule has 9 heterocycles. The lowest BCUT2D eigenvalue weighted by Crippen LogP contribution is -2.14. The molecule has 692 valence electrons. The fourth-order valence-corrected chi connectivity index (χ4v) is 23.5. The molecule has 146 heavy (non-hydrogen) atoms. The first-order valence-electron chi connectivity index (χ1n) is 49.6. The fourth-order valence-electron chi connectivity index (χ4n) is 22.4. The Hall–Kier alpha value is -18.2. The number of fused-ring (bicyclic) bond motifs is 18. The van der Waals surface area contributed by atoms with Gasteiger partial charge in [0.15, 0.2) is 17.5 Å². The van der Waals surface area contributed by atoms with Gasteiger partial charge in [-0.1, -0.05) is 381 Å². The molecule has 0 unspecified atom stereocenters. The second-order valence-corrected chi connectivity index (χ2v) is 40.8. The Morgan fingerprint density at radius 3 is 0.952 bits per heavy atom. The van der Waals surface area contributed by atoms with Gasteiger partial charge in [0.25, 0.3) is 0 Å². The fraction of sp³-hybridized carbons (Fsp3) is 0.0672. The molecular formula is C134H91N7O4S. The number of benzene rings is 17. The molecule has 0 bridgehead atoms. The molecule has 29 rings (SSSR count). The first-order chi connectivity index (χ1) is 71.5. The average Bonchev–Trinajstić information content (AvgIpc) is 1.57. The monoisotopic (exact) mass is 1890 g/mol. The van der Waals surface area contributed by atoms with E-state index in [2.05, 4.69) is 398 Å². The minimum atomic E-state index is -0.112. The van der Waals surface area contributed by atoms with Crippen LogP contribution in [-0.4, -0.2) is 34.9 Å². The summed E-state index contributed by atoms with van der Waals surface area (Å²) in [5.41, 5.74) is 39.4. The third kappa shape index (κ3) is 15.0. The van der Waals surface area contributed by atoms with Crippen LogP contribution in [0.25, 0.3) is 255 Å². The largest absolute Gasteiger partial charge is 0.456 e. The Kier molecular flexibility index (Phi) is 20.6. The number of pyridine rings is 1. The zero-order valence-corrected chi connectivity index (χ0v) is 81.6. The van der Waals surface area contributed by atoms with Gasteiger partial charge in [-0.2, -0.15) is 0 Å². The Bertz CT molecular complexity index is 9240. The summed E-state index contributed by atoms with van der Waals surface area (Å²) in [4.78, 5) is 35.7. The lowest BCUT2D eigenvalue weighted by Gasteiger charge is -2.21. The highest BCUT2D eigenvalue weighted by molar-refractivity contribution is 7.25. The van der Waals surface area contributed by atoms with Crippen LogP contribution in [0.15, 0.2) is 461 Å². The van der Waals surface area contributed by atoms with Gasteiger partial charge in [-0.15, -0.1) is 11.3 Å². The Labute approximate surface area is 847 Å². The van der Waals surface area contributed by atoms with Gasteiger partial charge in [-0.05, 0) is 169 Å². The number of furan rings is 4. The number of thiophene rings is 1. The molecule has 17 aromatic carbocycles. The molecule has 0 fully saturated rings. The molecule has 0 atom stereocenters. The molecule has 12 heteroatoms. The highest BCUT2D eigenvalue weighted by Crippen LogP contribution is 2.57. The number of aromatic nitrogens is 7. The summed E-state index contributed by atoms with van der Waals surface area (Å²) in [5, 5.41) is 8.02. The van der Waals surface area contributed by atoms with Gasteiger partial charge in [0, 0.05) is 143 Å². The van der Waals surface area contributed by atoms with Gasteiger partial charge in [-0.3, -0.25) is 4.98 Å². The maximum atomic E-state index is 6.28. The van der Waals surface area contributed by atoms with Crippen LogP contribution in [0, 0.1) is 0 Å². The molecule has 0 saturated carbocycles. The van der Waals surface area contributed by atoms with Crippen molar-refractivity contribution in [3.05, 3.63) is 476 Å². The molecule has 3 aliphatic rings. The number of hydrogen-bond donors (Lipinski definition) is 0. The third-order valence-electron chi connectivity index (χ3n) is 29.9. The summed E-state index contributed by atoms with van der Waals surface area (Å²) in [5.74, 6) is 4.61. The summed E-state index contributed by atoms with van der Waals surface area (Å²) in [6.07, 6.45) is 3.68. The summed E-state index contributed by atoms with van der Waals surface area (Å²) >= 11 is 1.82. The molecule has 0 saturated heterocycles. The second-order valence-electron chi connectivity index (χ2n) is 39.7. The van der Waals surface area contributed by atoms with E-state index in [0.29, 0.717) is 11.6 Å². The van der Waals surface area contributed by atoms with E-state index in [9.17, 15) is 0 Å². The van der Waals surface area contributed by atoms with Crippen LogP contribution in [0.1, 0.15) is 74.9 Å². The molecule has 0 radical (unpaired) electrons. The maximum absolute atomic E-state index is 6.28. The van der Waals surface area contributed by atoms with Crippen molar-refractivity contribution in [1.82, 2.24) is 34.9 Å². The first kappa shape index (κ1) is 86.8. The van der Waals surface area contributed by atoms with Crippen molar-refractivity contribution in [1.29, 1.82) is 0 Å². The average molecular weight is 1900 g/mol. The molecule has 9 aromatic heterocycles. The van der Waals surface area contributed by atoms with E-state index in [-0.39, 0.29) is 16.2 Å². The predicted octanol–water partition coefficient (Wildman–Crippen LogP) is 35.9. The number of hydrogen-bond acceptors (Lipinski definition) is 12. The first-order valence-corrected chi connectivity index (χ1v) is 50.4. The normalized spacial score (nSPS) is 13.2. The van der Waals surface area contributed by atoms with E-state index < -0.39 is 0 Å². The number of nitrogens with zero attached hydrogens (tertiary/aromatic N) is 7. The van der Waals surface area contributed by atoms with Gasteiger partial charge in [0.1, 0.15) is 45.2 Å². The zero-order chi connectivity index (χ0) is 97.6. The van der Waals surface area contributed by atoms with Gasteiger partial charge in [0.05, 0.1) is 34.2 Å². The molecule has 0 amide bonds. The summed E-state index contributed by atoms with van der Waals surface area (Å²) < 4.78 is 27.3. The van der Waals surface area contributed by atoms with E-state index in [1.807, 2.05) is 96.4 Å². The van der Waals surface area contributed by atoms with Gasteiger partial charge in [-0.25, -0.2) is 29.9 Å². The van der Waals surface area contributed by atoms with Gasteiger partial charge < -0.3 is 17.7 Å². The maximum Gasteiger partial charge on any atom is 0.160 e. The molecular weight excluding hydrogens is 1800 g/mol. The molecule has 0 spiro atoms. The highest BCUT2D eigenvalue weighted by Gasteiger charge is 2.41. The van der Waals surface area contributed by atoms with Crippen LogP contribution in [0.4, 0.5) is 0 Å². The van der Waals surface area contributed by atoms with E-state index in [4.69, 9.17) is 47.6 Å². The minimum Gasteiger partial charge on any atom is -0.456 e. The third-order valence-corrected chi connectivity index (χ3v) is 31.0. The Balaban J connectivity index is 0.000000109. The molecule has 26 aromatic rings. The zero-order valence-electron chi connectivity index (χ0n) is 80.8. The van der Waals surface area contributed by atoms with Crippen LogP contribution in [0.5, 0.6) is 0 Å². The molecule has 0 aliphatic heterocycles. The molecule has 0 N–H and O–H groups in total. The summed E-state index contributed by atoms with van der Waals surface area (Å²) in [7, 11) is 0. The standard InChI is InChI=1S/C45H30N2O2.C45H30N2OS.C44H31N3O/c1-45(2)35-14-6-4-12-33(35)43-34(13-9-15-36(43)45)38-26-37(27-18-20-28(21-19-27)41-24-29-10-3-7-16-39(29)48-41)46-44(47-38)30-22-23-32-31-11-5-8-17-40(31)49-42(32)25-30;1-45(2)35-14-6-4-12-33(35)43-34(13-9-15-36(43)45)38-26-37(27-18-20-28(21-19-27)40-24-29-10-3-7-16-39(29)48-40)46-44(47-38)30-22-23-32-31-11-5-8-17-41(31)49-42(32)25-30;1-44(2)36-13-5-4-11-34(36)42-35(12-7-14-37(42)44)39-26-38(29-18-20-30(21-19-29)41-25-32-9-3-6-15-40(32)48-41)46-43(47-39)31-22-16-28(17-23-31)33-10-8-24-45-27-33/h2*3-26H,1-2H3;3-27H,1-2H3. The number of para-hydroxylation sites is 4. The Morgan fingerprint density at radius 2 is 0.521 bits per heavy atom. The quantitative estimate of drug-likeness (QED) is 0.109.